The van der Waals surface area contributed by atoms with E-state index < -0.39 is 0 Å². The summed E-state index contributed by atoms with van der Waals surface area (Å²) >= 11 is 0. The SMILES string of the molecule is CCC1CN(C(=O)C2CCNC2)CCC1c1ccccc1. The average molecular weight is 286 g/mol. The molecule has 2 aliphatic heterocycles. The number of carbonyl (C=O) groups excluding carboxylic acids is 1. The van der Waals surface area contributed by atoms with Crippen molar-refractivity contribution in [3.05, 3.63) is 35.9 Å². The lowest BCUT2D eigenvalue weighted by Crippen LogP contribution is -2.45. The molecule has 0 spiro atoms. The van der Waals surface area contributed by atoms with Gasteiger partial charge in [0.25, 0.3) is 0 Å². The van der Waals surface area contributed by atoms with Crippen molar-refractivity contribution in [3.63, 3.8) is 0 Å². The summed E-state index contributed by atoms with van der Waals surface area (Å²) in [7, 11) is 0. The largest absolute Gasteiger partial charge is 0.342 e. The van der Waals surface area contributed by atoms with Crippen LogP contribution in [-0.4, -0.2) is 37.0 Å². The normalized spacial score (nSPS) is 29.6. The van der Waals surface area contributed by atoms with Crippen molar-refractivity contribution in [3.8, 4) is 0 Å². The zero-order chi connectivity index (χ0) is 14.7. The first kappa shape index (κ1) is 14.6. The van der Waals surface area contributed by atoms with Gasteiger partial charge in [-0.2, -0.15) is 0 Å². The second-order valence-corrected chi connectivity index (χ2v) is 6.45. The summed E-state index contributed by atoms with van der Waals surface area (Å²) in [6.07, 6.45) is 3.26. The maximum atomic E-state index is 12.6. The third-order valence-electron chi connectivity index (χ3n) is 5.21. The Bertz CT molecular complexity index is 467. The summed E-state index contributed by atoms with van der Waals surface area (Å²) in [5.74, 6) is 1.81. The van der Waals surface area contributed by atoms with Crippen LogP contribution in [-0.2, 0) is 4.79 Å². The van der Waals surface area contributed by atoms with Crippen LogP contribution in [0.5, 0.6) is 0 Å². The molecule has 2 heterocycles. The quantitative estimate of drug-likeness (QED) is 0.926. The fraction of sp³-hybridized carbons (Fsp3) is 0.611. The van der Waals surface area contributed by atoms with Crippen LogP contribution >= 0.6 is 0 Å². The number of hydrogen-bond acceptors (Lipinski definition) is 2. The number of hydrogen-bond donors (Lipinski definition) is 1. The van der Waals surface area contributed by atoms with E-state index in [0.717, 1.165) is 45.4 Å². The molecule has 0 saturated carbocycles. The van der Waals surface area contributed by atoms with E-state index in [2.05, 4.69) is 47.5 Å². The molecule has 1 aromatic rings. The Morgan fingerprint density at radius 2 is 2.10 bits per heavy atom. The predicted octanol–water partition coefficient (Wildman–Crippen LogP) is 2.64. The third kappa shape index (κ3) is 3.13. The van der Waals surface area contributed by atoms with Gasteiger partial charge in [-0.05, 0) is 36.8 Å². The van der Waals surface area contributed by atoms with Crippen LogP contribution in [0.3, 0.4) is 0 Å². The predicted molar refractivity (Wildman–Crippen MR) is 85.1 cm³/mol. The molecule has 1 aromatic carbocycles. The van der Waals surface area contributed by atoms with Crippen LogP contribution in [0, 0.1) is 11.8 Å². The van der Waals surface area contributed by atoms with Crippen molar-refractivity contribution in [2.75, 3.05) is 26.2 Å². The van der Waals surface area contributed by atoms with E-state index >= 15 is 0 Å². The van der Waals surface area contributed by atoms with Gasteiger partial charge in [0.1, 0.15) is 0 Å². The van der Waals surface area contributed by atoms with E-state index in [1.165, 1.54) is 5.56 Å². The first-order valence-electron chi connectivity index (χ1n) is 8.34. The molecule has 0 radical (unpaired) electrons. The lowest BCUT2D eigenvalue weighted by atomic mass is 9.79. The third-order valence-corrected chi connectivity index (χ3v) is 5.21. The number of nitrogens with zero attached hydrogens (tertiary/aromatic N) is 1. The standard InChI is InChI=1S/C18H26N2O/c1-2-14-13-20(18(21)16-8-10-19-12-16)11-9-17(14)15-6-4-3-5-7-15/h3-7,14,16-17,19H,2,8-13H2,1H3. The fourth-order valence-corrected chi connectivity index (χ4v) is 3.91. The van der Waals surface area contributed by atoms with E-state index in [1.807, 2.05) is 0 Å². The second-order valence-electron chi connectivity index (χ2n) is 6.45. The molecule has 21 heavy (non-hydrogen) atoms. The molecule has 2 aliphatic rings. The molecule has 1 amide bonds. The van der Waals surface area contributed by atoms with Crippen molar-refractivity contribution in [2.45, 2.75) is 32.1 Å². The fourth-order valence-electron chi connectivity index (χ4n) is 3.91. The smallest absolute Gasteiger partial charge is 0.227 e. The van der Waals surface area contributed by atoms with Gasteiger partial charge in [-0.3, -0.25) is 4.79 Å². The van der Waals surface area contributed by atoms with Crippen LogP contribution in [0.4, 0.5) is 0 Å². The summed E-state index contributed by atoms with van der Waals surface area (Å²) < 4.78 is 0. The number of piperidine rings is 1. The maximum absolute atomic E-state index is 12.6. The van der Waals surface area contributed by atoms with Crippen molar-refractivity contribution < 1.29 is 4.79 Å². The molecule has 0 bridgehead atoms. The summed E-state index contributed by atoms with van der Waals surface area (Å²) in [6, 6.07) is 10.8. The first-order chi connectivity index (χ1) is 10.3. The van der Waals surface area contributed by atoms with Gasteiger partial charge in [-0.25, -0.2) is 0 Å². The Kier molecular flexibility index (Phi) is 4.59. The minimum atomic E-state index is 0.218. The van der Waals surface area contributed by atoms with Crippen molar-refractivity contribution in [1.29, 1.82) is 0 Å². The van der Waals surface area contributed by atoms with E-state index in [0.29, 0.717) is 17.7 Å². The molecule has 3 rings (SSSR count). The van der Waals surface area contributed by atoms with Gasteiger partial charge in [-0.15, -0.1) is 0 Å². The highest BCUT2D eigenvalue weighted by molar-refractivity contribution is 5.79. The Labute approximate surface area is 127 Å². The molecular formula is C18H26N2O. The molecule has 3 heteroatoms. The van der Waals surface area contributed by atoms with Crippen molar-refractivity contribution >= 4 is 5.91 Å². The lowest BCUT2D eigenvalue weighted by molar-refractivity contribution is -0.137. The molecule has 0 aliphatic carbocycles. The second kappa shape index (κ2) is 6.61. The number of amides is 1. The number of benzene rings is 1. The summed E-state index contributed by atoms with van der Waals surface area (Å²) in [6.45, 7) is 5.98. The Morgan fingerprint density at radius 3 is 2.76 bits per heavy atom. The molecule has 3 atom stereocenters. The highest BCUT2D eigenvalue weighted by atomic mass is 16.2. The van der Waals surface area contributed by atoms with E-state index in [1.54, 1.807) is 0 Å². The monoisotopic (exact) mass is 286 g/mol. The van der Waals surface area contributed by atoms with E-state index in [-0.39, 0.29) is 5.92 Å². The summed E-state index contributed by atoms with van der Waals surface area (Å²) in [4.78, 5) is 14.7. The Balaban J connectivity index is 1.67. The topological polar surface area (TPSA) is 32.3 Å². The van der Waals surface area contributed by atoms with Gasteiger partial charge in [-0.1, -0.05) is 43.7 Å². The summed E-state index contributed by atoms with van der Waals surface area (Å²) in [5, 5.41) is 3.30. The minimum Gasteiger partial charge on any atom is -0.342 e. The molecule has 0 aromatic heterocycles. The van der Waals surface area contributed by atoms with Gasteiger partial charge >= 0.3 is 0 Å². The van der Waals surface area contributed by atoms with Gasteiger partial charge in [0.15, 0.2) is 0 Å². The van der Waals surface area contributed by atoms with Crippen molar-refractivity contribution in [1.82, 2.24) is 10.2 Å². The molecule has 1 N–H and O–H groups in total. The zero-order valence-corrected chi connectivity index (χ0v) is 12.9. The van der Waals surface area contributed by atoms with Crippen LogP contribution in [0.1, 0.15) is 37.7 Å². The maximum Gasteiger partial charge on any atom is 0.227 e. The molecule has 3 unspecified atom stereocenters. The number of rotatable bonds is 3. The molecule has 2 fully saturated rings. The van der Waals surface area contributed by atoms with Gasteiger partial charge in [0.05, 0.1) is 5.92 Å². The average Bonchev–Trinajstić information content (AvgIpc) is 3.09. The van der Waals surface area contributed by atoms with E-state index in [9.17, 15) is 4.79 Å². The van der Waals surface area contributed by atoms with Crippen LogP contribution < -0.4 is 5.32 Å². The minimum absolute atomic E-state index is 0.218. The Morgan fingerprint density at radius 1 is 1.29 bits per heavy atom. The summed E-state index contributed by atoms with van der Waals surface area (Å²) in [5.41, 5.74) is 1.44. The molecule has 114 valence electrons. The number of carbonyl (C=O) groups is 1. The zero-order valence-electron chi connectivity index (χ0n) is 12.9. The van der Waals surface area contributed by atoms with E-state index in [4.69, 9.17) is 0 Å². The van der Waals surface area contributed by atoms with Crippen LogP contribution in [0.25, 0.3) is 0 Å². The highest BCUT2D eigenvalue weighted by Gasteiger charge is 2.34. The van der Waals surface area contributed by atoms with Gasteiger partial charge in [0.2, 0.25) is 5.91 Å². The molecule has 2 saturated heterocycles. The number of likely N-dealkylation sites (tertiary alicyclic amines) is 1. The lowest BCUT2D eigenvalue weighted by Gasteiger charge is -2.39. The van der Waals surface area contributed by atoms with Crippen LogP contribution in [0.2, 0.25) is 0 Å². The van der Waals surface area contributed by atoms with Crippen LogP contribution in [0.15, 0.2) is 30.3 Å². The van der Waals surface area contributed by atoms with Gasteiger partial charge < -0.3 is 10.2 Å². The molecular weight excluding hydrogens is 260 g/mol. The van der Waals surface area contributed by atoms with Gasteiger partial charge in [0, 0.05) is 19.6 Å². The Hall–Kier alpha value is -1.35. The first-order valence-corrected chi connectivity index (χ1v) is 8.34. The molecule has 3 nitrogen and oxygen atoms in total. The highest BCUT2D eigenvalue weighted by Crippen LogP contribution is 2.35. The van der Waals surface area contributed by atoms with Crippen molar-refractivity contribution in [2.24, 2.45) is 11.8 Å². The number of nitrogens with one attached hydrogen (secondary N) is 1.